The maximum Gasteiger partial charge on any atom is 0.218 e. The number of hydrogen-bond donors (Lipinski definition) is 0. The van der Waals surface area contributed by atoms with Crippen LogP contribution in [0.3, 0.4) is 0 Å². The zero-order valence-electron chi connectivity index (χ0n) is 29.1. The third kappa shape index (κ3) is 6.37. The molecule has 0 aromatic heterocycles. The van der Waals surface area contributed by atoms with Crippen molar-refractivity contribution in [3.63, 3.8) is 0 Å². The van der Waals surface area contributed by atoms with Crippen LogP contribution in [0.15, 0.2) is 144 Å². The van der Waals surface area contributed by atoms with Gasteiger partial charge in [-0.05, 0) is 79.8 Å². The van der Waals surface area contributed by atoms with Crippen LogP contribution < -0.4 is 9.48 Å². The monoisotopic (exact) mass is 671 g/mol. The van der Waals surface area contributed by atoms with Crippen LogP contribution in [0.1, 0.15) is 64.2 Å². The zero-order chi connectivity index (χ0) is 34.2. The molecule has 4 heteroatoms. The van der Waals surface area contributed by atoms with E-state index in [0.717, 1.165) is 34.3 Å². The predicted molar refractivity (Wildman–Crippen MR) is 209 cm³/mol. The minimum absolute atomic E-state index is 0.175. The normalized spacial score (nSPS) is 18.7. The van der Waals surface area contributed by atoms with Crippen molar-refractivity contribution < 1.29 is 0 Å². The van der Waals surface area contributed by atoms with Crippen LogP contribution in [0.5, 0.6) is 0 Å². The molecule has 0 saturated heterocycles. The number of nitrogens with zero attached hydrogens (tertiary/aromatic N) is 2. The van der Waals surface area contributed by atoms with Gasteiger partial charge in [-0.3, -0.25) is 0 Å². The van der Waals surface area contributed by atoms with E-state index in [9.17, 15) is 0 Å². The molecule has 1 aliphatic carbocycles. The van der Waals surface area contributed by atoms with Crippen molar-refractivity contribution >= 4 is 46.0 Å². The van der Waals surface area contributed by atoms with Crippen molar-refractivity contribution in [2.24, 2.45) is 0 Å². The van der Waals surface area contributed by atoms with Crippen LogP contribution in [-0.4, -0.2) is 12.8 Å². The minimum atomic E-state index is -0.178. The van der Waals surface area contributed by atoms with E-state index in [1.54, 1.807) is 0 Å². The third-order valence-electron chi connectivity index (χ3n) is 10.4. The number of halogens is 2. The van der Waals surface area contributed by atoms with E-state index < -0.39 is 0 Å². The lowest BCUT2D eigenvalue weighted by Crippen LogP contribution is -2.23. The first-order valence-electron chi connectivity index (χ1n) is 16.8. The maximum atomic E-state index is 6.47. The SMILES string of the molecule is CC(=CC=C1CCC(=CC=C2N(C)c3ccc(Cl)cc3C2(C)C)C1=[N+](c1ccccc1)c1ccccc1)C(C)(C)c1cc(Cl)ccc1C. The van der Waals surface area contributed by atoms with Crippen LogP contribution in [0.4, 0.5) is 17.1 Å². The first-order chi connectivity index (χ1) is 22.9. The predicted octanol–water partition coefficient (Wildman–Crippen LogP) is 12.5. The number of rotatable bonds is 6. The molecule has 0 bridgehead atoms. The molecule has 4 aromatic rings. The number of fused-ring (bicyclic) bond motifs is 1. The lowest BCUT2D eigenvalue weighted by atomic mass is 9.76. The van der Waals surface area contributed by atoms with Crippen molar-refractivity contribution in [3.05, 3.63) is 171 Å². The number of likely N-dealkylation sites (N-methyl/N-ethyl adjacent to an activating group) is 1. The van der Waals surface area contributed by atoms with Gasteiger partial charge in [-0.1, -0.05) is 117 Å². The lowest BCUT2D eigenvalue weighted by Gasteiger charge is -2.28. The standard InChI is InChI=1S/C44H45Cl2N2/c1-30-18-24-34(45)28-38(30)43(3,4)31(2)19-20-32-21-22-33(23-27-41-44(5,6)39-29-35(46)25-26-40(39)47(41)7)42(32)48(36-14-10-8-11-15-36)37-16-12-9-13-17-37/h8-20,23-29H,21-22H2,1-7H3/q+1. The molecule has 0 spiro atoms. The van der Waals surface area contributed by atoms with E-state index in [0.29, 0.717) is 0 Å². The summed E-state index contributed by atoms with van der Waals surface area (Å²) >= 11 is 12.9. The molecule has 48 heavy (non-hydrogen) atoms. The van der Waals surface area contributed by atoms with E-state index in [1.165, 1.54) is 50.5 Å². The molecule has 6 rings (SSSR count). The Bertz CT molecular complexity index is 1970. The Morgan fingerprint density at radius 2 is 1.33 bits per heavy atom. The van der Waals surface area contributed by atoms with Crippen LogP contribution in [0.2, 0.25) is 10.0 Å². The number of hydrogen-bond acceptors (Lipinski definition) is 1. The van der Waals surface area contributed by atoms with Crippen LogP contribution in [0, 0.1) is 6.92 Å². The number of allylic oxidation sites excluding steroid dienone is 8. The summed E-state index contributed by atoms with van der Waals surface area (Å²) in [7, 11) is 2.16. The summed E-state index contributed by atoms with van der Waals surface area (Å²) in [6.45, 7) is 13.6. The summed E-state index contributed by atoms with van der Waals surface area (Å²) in [4.78, 5) is 2.31. The van der Waals surface area contributed by atoms with Crippen LogP contribution >= 0.6 is 23.2 Å². The lowest BCUT2D eigenvalue weighted by molar-refractivity contribution is 0.619. The molecule has 0 radical (unpaired) electrons. The van der Waals surface area contributed by atoms with Gasteiger partial charge in [0.2, 0.25) is 17.1 Å². The fraction of sp³-hybridized carbons (Fsp3) is 0.250. The molecule has 1 saturated carbocycles. The maximum absolute atomic E-state index is 6.47. The van der Waals surface area contributed by atoms with Gasteiger partial charge in [-0.15, -0.1) is 0 Å². The Balaban J connectivity index is 1.52. The average molecular weight is 673 g/mol. The van der Waals surface area contributed by atoms with E-state index in [2.05, 4.69) is 167 Å². The Morgan fingerprint density at radius 1 is 0.771 bits per heavy atom. The summed E-state index contributed by atoms with van der Waals surface area (Å²) < 4.78 is 2.43. The van der Waals surface area contributed by atoms with Crippen LogP contribution in [-0.2, 0) is 10.8 Å². The first kappa shape index (κ1) is 33.8. The van der Waals surface area contributed by atoms with Crippen molar-refractivity contribution in [2.75, 3.05) is 11.9 Å². The van der Waals surface area contributed by atoms with Crippen molar-refractivity contribution in [1.29, 1.82) is 0 Å². The second kappa shape index (κ2) is 13.4. The highest BCUT2D eigenvalue weighted by molar-refractivity contribution is 6.31. The fourth-order valence-electron chi connectivity index (χ4n) is 7.29. The van der Waals surface area contributed by atoms with Gasteiger partial charge in [0.25, 0.3) is 0 Å². The third-order valence-corrected chi connectivity index (χ3v) is 10.8. The summed E-state index contributed by atoms with van der Waals surface area (Å²) in [6, 6.07) is 33.9. The number of para-hydroxylation sites is 2. The smallest absolute Gasteiger partial charge is 0.218 e. The van der Waals surface area contributed by atoms with E-state index in [-0.39, 0.29) is 10.8 Å². The van der Waals surface area contributed by atoms with Crippen molar-refractivity contribution in [2.45, 2.75) is 65.2 Å². The molecule has 1 aliphatic heterocycles. The molecule has 0 amide bonds. The summed E-state index contributed by atoms with van der Waals surface area (Å²) in [5.41, 5.74) is 13.3. The zero-order valence-corrected chi connectivity index (χ0v) is 30.6. The summed E-state index contributed by atoms with van der Waals surface area (Å²) in [5, 5.41) is 1.54. The van der Waals surface area contributed by atoms with Crippen molar-refractivity contribution in [1.82, 2.24) is 4.58 Å². The Hall–Kier alpha value is -4.11. The molecule has 244 valence electrons. The van der Waals surface area contributed by atoms with Gasteiger partial charge >= 0.3 is 0 Å². The summed E-state index contributed by atoms with van der Waals surface area (Å²) in [5.74, 6) is 0. The largest absolute Gasteiger partial charge is 0.347 e. The summed E-state index contributed by atoms with van der Waals surface area (Å²) in [6.07, 6.45) is 11.3. The Labute approximate surface area is 297 Å². The first-order valence-corrected chi connectivity index (χ1v) is 17.5. The number of benzene rings is 4. The molecule has 4 aromatic carbocycles. The molecule has 0 unspecified atom stereocenters. The Morgan fingerprint density at radius 3 is 1.96 bits per heavy atom. The van der Waals surface area contributed by atoms with E-state index in [4.69, 9.17) is 23.2 Å². The second-order valence-electron chi connectivity index (χ2n) is 14.1. The van der Waals surface area contributed by atoms with Gasteiger partial charge in [-0.2, -0.15) is 4.58 Å². The molecule has 0 atom stereocenters. The van der Waals surface area contributed by atoms with Gasteiger partial charge in [-0.25, -0.2) is 0 Å². The number of aryl methyl sites for hydroxylation is 1. The van der Waals surface area contributed by atoms with E-state index in [1.807, 2.05) is 12.1 Å². The van der Waals surface area contributed by atoms with Gasteiger partial charge in [0, 0.05) is 74.7 Å². The topological polar surface area (TPSA) is 6.25 Å². The molecule has 1 heterocycles. The van der Waals surface area contributed by atoms with Gasteiger partial charge in [0.15, 0.2) is 0 Å². The molecular weight excluding hydrogens is 627 g/mol. The average Bonchev–Trinajstić information content (AvgIpc) is 3.55. The Kier molecular flexibility index (Phi) is 9.44. The fourth-order valence-corrected chi connectivity index (χ4v) is 7.63. The number of anilines is 1. The molecule has 1 fully saturated rings. The minimum Gasteiger partial charge on any atom is -0.347 e. The van der Waals surface area contributed by atoms with Crippen LogP contribution in [0.25, 0.3) is 0 Å². The van der Waals surface area contributed by atoms with Gasteiger partial charge in [0.05, 0.1) is 0 Å². The van der Waals surface area contributed by atoms with E-state index >= 15 is 0 Å². The molecule has 2 nitrogen and oxygen atoms in total. The highest BCUT2D eigenvalue weighted by Gasteiger charge is 2.39. The molecule has 2 aliphatic rings. The quantitative estimate of drug-likeness (QED) is 0.185. The molecule has 0 N–H and O–H groups in total. The molecular formula is C44H45Cl2N2+. The van der Waals surface area contributed by atoms with Crippen molar-refractivity contribution in [3.8, 4) is 0 Å². The second-order valence-corrected chi connectivity index (χ2v) is 14.9. The van der Waals surface area contributed by atoms with Gasteiger partial charge < -0.3 is 4.90 Å². The highest BCUT2D eigenvalue weighted by atomic mass is 35.5. The van der Waals surface area contributed by atoms with Gasteiger partial charge in [0.1, 0.15) is 0 Å². The highest BCUT2D eigenvalue weighted by Crippen LogP contribution is 2.48.